The van der Waals surface area contributed by atoms with Crippen LogP contribution in [0.5, 0.6) is 0 Å². The Balaban J connectivity index is 2.14. The van der Waals surface area contributed by atoms with Gasteiger partial charge in [-0.05, 0) is 38.4 Å². The van der Waals surface area contributed by atoms with Crippen LogP contribution in [0, 0.1) is 0 Å². The first kappa shape index (κ1) is 13.7. The highest BCUT2D eigenvalue weighted by molar-refractivity contribution is 6.35. The van der Waals surface area contributed by atoms with E-state index in [2.05, 4.69) is 15.3 Å². The van der Waals surface area contributed by atoms with E-state index in [4.69, 9.17) is 11.6 Å². The Labute approximate surface area is 118 Å². The van der Waals surface area contributed by atoms with Gasteiger partial charge in [-0.3, -0.25) is 0 Å². The van der Waals surface area contributed by atoms with Gasteiger partial charge in [-0.15, -0.1) is 0 Å². The number of hydrogen-bond donors (Lipinski definition) is 2. The smallest absolute Gasteiger partial charge is 0.340 e. The SMILES string of the molecule is C[C@@]1(c2nc3c(Cl)cc(C(F)(F)F)cc3[nH]2)CCCN1. The van der Waals surface area contributed by atoms with Gasteiger partial charge >= 0.3 is 6.18 Å². The molecule has 20 heavy (non-hydrogen) atoms. The lowest BCUT2D eigenvalue weighted by molar-refractivity contribution is -0.137. The van der Waals surface area contributed by atoms with Crippen LogP contribution in [0.15, 0.2) is 12.1 Å². The van der Waals surface area contributed by atoms with Gasteiger partial charge in [0.2, 0.25) is 0 Å². The predicted octanol–water partition coefficient (Wildman–Crippen LogP) is 3.83. The largest absolute Gasteiger partial charge is 0.416 e. The number of rotatable bonds is 1. The van der Waals surface area contributed by atoms with Crippen molar-refractivity contribution in [1.82, 2.24) is 15.3 Å². The Morgan fingerprint density at radius 3 is 2.70 bits per heavy atom. The second-order valence-corrected chi connectivity index (χ2v) is 5.71. The van der Waals surface area contributed by atoms with Gasteiger partial charge in [0.15, 0.2) is 0 Å². The molecule has 0 saturated carbocycles. The van der Waals surface area contributed by atoms with Crippen molar-refractivity contribution in [3.8, 4) is 0 Å². The molecule has 3 nitrogen and oxygen atoms in total. The van der Waals surface area contributed by atoms with Crippen molar-refractivity contribution >= 4 is 22.6 Å². The van der Waals surface area contributed by atoms with Gasteiger partial charge in [0.25, 0.3) is 0 Å². The van der Waals surface area contributed by atoms with Crippen LogP contribution in [0.2, 0.25) is 5.02 Å². The zero-order valence-corrected chi connectivity index (χ0v) is 11.5. The number of halogens is 4. The van der Waals surface area contributed by atoms with Gasteiger partial charge in [0.1, 0.15) is 11.3 Å². The summed E-state index contributed by atoms with van der Waals surface area (Å²) in [6.07, 6.45) is -2.52. The first-order chi connectivity index (χ1) is 9.29. The van der Waals surface area contributed by atoms with Crippen molar-refractivity contribution < 1.29 is 13.2 Å². The van der Waals surface area contributed by atoms with Crippen LogP contribution >= 0.6 is 11.6 Å². The van der Waals surface area contributed by atoms with Crippen molar-refractivity contribution in [1.29, 1.82) is 0 Å². The third-order valence-corrected chi connectivity index (χ3v) is 4.05. The van der Waals surface area contributed by atoms with E-state index >= 15 is 0 Å². The van der Waals surface area contributed by atoms with Crippen LogP contribution in [0.1, 0.15) is 31.2 Å². The van der Waals surface area contributed by atoms with E-state index in [1.165, 1.54) is 0 Å². The standard InChI is InChI=1S/C13H13ClF3N3/c1-12(3-2-4-18-12)11-19-9-6-7(13(15,16)17)5-8(14)10(9)20-11/h5-6,18H,2-4H2,1H3,(H,19,20)/t12-/m0/s1. The number of H-pyrrole nitrogens is 1. The summed E-state index contributed by atoms with van der Waals surface area (Å²) in [7, 11) is 0. The molecule has 2 heterocycles. The lowest BCUT2D eigenvalue weighted by atomic mass is 10.00. The lowest BCUT2D eigenvalue weighted by Crippen LogP contribution is -2.34. The summed E-state index contributed by atoms with van der Waals surface area (Å²) in [6.45, 7) is 2.85. The molecule has 0 amide bonds. The molecule has 2 N–H and O–H groups in total. The van der Waals surface area contributed by atoms with E-state index in [-0.39, 0.29) is 10.6 Å². The van der Waals surface area contributed by atoms with E-state index < -0.39 is 11.7 Å². The molecule has 1 aromatic heterocycles. The number of aromatic amines is 1. The molecule has 108 valence electrons. The molecule has 0 spiro atoms. The fourth-order valence-electron chi connectivity index (χ4n) is 2.60. The molecular weight excluding hydrogens is 291 g/mol. The molecule has 1 fully saturated rings. The minimum absolute atomic E-state index is 0.0129. The van der Waals surface area contributed by atoms with Crippen LogP contribution < -0.4 is 5.32 Å². The van der Waals surface area contributed by atoms with Crippen LogP contribution in [-0.4, -0.2) is 16.5 Å². The first-order valence-electron chi connectivity index (χ1n) is 6.31. The second-order valence-electron chi connectivity index (χ2n) is 5.30. The molecular formula is C13H13ClF3N3. The van der Waals surface area contributed by atoms with Gasteiger partial charge in [-0.2, -0.15) is 13.2 Å². The van der Waals surface area contributed by atoms with E-state index in [9.17, 15) is 13.2 Å². The minimum Gasteiger partial charge on any atom is -0.340 e. The van der Waals surface area contributed by atoms with Crippen LogP contribution in [0.4, 0.5) is 13.2 Å². The van der Waals surface area contributed by atoms with E-state index in [1.54, 1.807) is 0 Å². The summed E-state index contributed by atoms with van der Waals surface area (Å²) in [4.78, 5) is 7.35. The quantitative estimate of drug-likeness (QED) is 0.840. The molecule has 0 unspecified atom stereocenters. The first-order valence-corrected chi connectivity index (χ1v) is 6.69. The number of fused-ring (bicyclic) bond motifs is 1. The van der Waals surface area contributed by atoms with E-state index in [0.29, 0.717) is 16.9 Å². The average Bonchev–Trinajstić information content (AvgIpc) is 2.95. The van der Waals surface area contributed by atoms with Gasteiger partial charge in [0, 0.05) is 0 Å². The summed E-state index contributed by atoms with van der Waals surface area (Å²) >= 11 is 5.93. The molecule has 7 heteroatoms. The van der Waals surface area contributed by atoms with Crippen molar-refractivity contribution in [2.45, 2.75) is 31.5 Å². The van der Waals surface area contributed by atoms with E-state index in [1.807, 2.05) is 6.92 Å². The van der Waals surface area contributed by atoms with Crippen LogP contribution in [0.25, 0.3) is 11.0 Å². The summed E-state index contributed by atoms with van der Waals surface area (Å²) in [5.74, 6) is 0.631. The Hall–Kier alpha value is -1.27. The van der Waals surface area contributed by atoms with E-state index in [0.717, 1.165) is 31.5 Å². The summed E-state index contributed by atoms with van der Waals surface area (Å²) in [6, 6.07) is 1.97. The third kappa shape index (κ3) is 2.16. The van der Waals surface area contributed by atoms with Crippen LogP contribution in [0.3, 0.4) is 0 Å². The Bertz CT molecular complexity index is 657. The highest BCUT2D eigenvalue weighted by atomic mass is 35.5. The summed E-state index contributed by atoms with van der Waals surface area (Å²) in [5.41, 5.74) is -0.408. The van der Waals surface area contributed by atoms with Crippen LogP contribution in [-0.2, 0) is 11.7 Å². The number of nitrogens with zero attached hydrogens (tertiary/aromatic N) is 1. The molecule has 0 aliphatic carbocycles. The Morgan fingerprint density at radius 1 is 1.35 bits per heavy atom. The van der Waals surface area contributed by atoms with Gasteiger partial charge in [-0.1, -0.05) is 11.6 Å². The maximum Gasteiger partial charge on any atom is 0.416 e. The predicted molar refractivity (Wildman–Crippen MR) is 70.7 cm³/mol. The zero-order valence-electron chi connectivity index (χ0n) is 10.7. The Kier molecular flexibility index (Phi) is 2.99. The number of alkyl halides is 3. The van der Waals surface area contributed by atoms with Crippen molar-refractivity contribution in [3.63, 3.8) is 0 Å². The van der Waals surface area contributed by atoms with Crippen molar-refractivity contribution in [2.75, 3.05) is 6.54 Å². The number of benzene rings is 1. The monoisotopic (exact) mass is 303 g/mol. The molecule has 0 radical (unpaired) electrons. The third-order valence-electron chi connectivity index (χ3n) is 3.76. The zero-order chi connectivity index (χ0) is 14.5. The fraction of sp³-hybridized carbons (Fsp3) is 0.462. The average molecular weight is 304 g/mol. The van der Waals surface area contributed by atoms with Gasteiger partial charge in [-0.25, -0.2) is 4.98 Å². The topological polar surface area (TPSA) is 40.7 Å². The molecule has 2 aromatic rings. The highest BCUT2D eigenvalue weighted by Gasteiger charge is 2.35. The second kappa shape index (κ2) is 4.36. The number of hydrogen-bond acceptors (Lipinski definition) is 2. The molecule has 1 saturated heterocycles. The highest BCUT2D eigenvalue weighted by Crippen LogP contribution is 2.36. The molecule has 1 aliphatic heterocycles. The van der Waals surface area contributed by atoms with Gasteiger partial charge < -0.3 is 10.3 Å². The maximum atomic E-state index is 12.8. The molecule has 3 rings (SSSR count). The summed E-state index contributed by atoms with van der Waals surface area (Å²) in [5, 5.41) is 3.33. The fourth-order valence-corrected chi connectivity index (χ4v) is 2.86. The molecule has 1 atom stereocenters. The molecule has 0 bridgehead atoms. The number of aromatic nitrogens is 2. The number of imidazole rings is 1. The van der Waals surface area contributed by atoms with Gasteiger partial charge in [0.05, 0.1) is 21.6 Å². The normalized spacial score (nSPS) is 23.6. The number of nitrogens with one attached hydrogen (secondary N) is 2. The molecule has 1 aromatic carbocycles. The minimum atomic E-state index is -4.42. The summed E-state index contributed by atoms with van der Waals surface area (Å²) < 4.78 is 38.3. The lowest BCUT2D eigenvalue weighted by Gasteiger charge is -2.21. The molecule has 1 aliphatic rings. The Morgan fingerprint density at radius 2 is 2.10 bits per heavy atom. The maximum absolute atomic E-state index is 12.8. The van der Waals surface area contributed by atoms with Crippen molar-refractivity contribution in [3.05, 3.63) is 28.5 Å². The van der Waals surface area contributed by atoms with Crippen molar-refractivity contribution in [2.24, 2.45) is 0 Å².